The molecule has 0 heterocycles. The average molecular weight is 398 g/mol. The van der Waals surface area contributed by atoms with E-state index in [-0.39, 0.29) is 35.6 Å². The summed E-state index contributed by atoms with van der Waals surface area (Å²) in [6.07, 6.45) is 10.4. The fourth-order valence-electron chi connectivity index (χ4n) is 6.68. The van der Waals surface area contributed by atoms with Crippen molar-refractivity contribution in [1.29, 1.82) is 0 Å². The van der Waals surface area contributed by atoms with Gasteiger partial charge in [0, 0.05) is 17.8 Å². The number of ether oxygens (including phenoxy) is 1. The molecule has 29 heavy (non-hydrogen) atoms. The average Bonchev–Trinajstić information content (AvgIpc) is 2.94. The van der Waals surface area contributed by atoms with Gasteiger partial charge in [0.2, 0.25) is 5.78 Å². The Hall–Kier alpha value is -2.01. The van der Waals surface area contributed by atoms with Crippen molar-refractivity contribution in [3.63, 3.8) is 0 Å². The predicted molar refractivity (Wildman–Crippen MR) is 108 cm³/mol. The maximum Gasteiger partial charge on any atom is 0.303 e. The van der Waals surface area contributed by atoms with Crippen molar-refractivity contribution in [2.75, 3.05) is 6.61 Å². The van der Waals surface area contributed by atoms with E-state index in [0.29, 0.717) is 12.8 Å². The van der Waals surface area contributed by atoms with Gasteiger partial charge in [-0.25, -0.2) is 0 Å². The summed E-state index contributed by atoms with van der Waals surface area (Å²) in [5, 5.41) is 11.5. The number of hydrogen-bond acceptors (Lipinski definition) is 5. The second kappa shape index (κ2) is 6.49. The topological polar surface area (TPSA) is 80.7 Å². The molecule has 156 valence electrons. The minimum atomic E-state index is -1.48. The molecule has 0 amide bonds. The molecule has 4 unspecified atom stereocenters. The van der Waals surface area contributed by atoms with E-state index in [2.05, 4.69) is 19.9 Å². The van der Waals surface area contributed by atoms with E-state index >= 15 is 0 Å². The van der Waals surface area contributed by atoms with E-state index < -0.39 is 22.8 Å². The zero-order valence-electron chi connectivity index (χ0n) is 17.7. The van der Waals surface area contributed by atoms with E-state index in [0.717, 1.165) is 12.8 Å². The molecule has 0 radical (unpaired) electrons. The molecule has 0 aliphatic heterocycles. The van der Waals surface area contributed by atoms with Crippen LogP contribution in [0.1, 0.15) is 53.4 Å². The van der Waals surface area contributed by atoms with Crippen LogP contribution >= 0.6 is 0 Å². The summed E-state index contributed by atoms with van der Waals surface area (Å²) in [7, 11) is 0. The lowest BCUT2D eigenvalue weighted by Gasteiger charge is -2.55. The Kier molecular flexibility index (Phi) is 4.54. The highest BCUT2D eigenvalue weighted by atomic mass is 16.5. The van der Waals surface area contributed by atoms with E-state index in [1.807, 2.05) is 13.0 Å². The van der Waals surface area contributed by atoms with E-state index in [4.69, 9.17) is 4.74 Å². The number of hydrogen-bond donors (Lipinski definition) is 1. The maximum absolute atomic E-state index is 12.9. The van der Waals surface area contributed by atoms with Crippen molar-refractivity contribution in [1.82, 2.24) is 0 Å². The van der Waals surface area contributed by atoms with Crippen LogP contribution < -0.4 is 0 Å². The molecule has 5 nitrogen and oxygen atoms in total. The zero-order chi connectivity index (χ0) is 21.2. The Morgan fingerprint density at radius 1 is 1.28 bits per heavy atom. The van der Waals surface area contributed by atoms with Gasteiger partial charge in [0.25, 0.3) is 0 Å². The van der Waals surface area contributed by atoms with Crippen molar-refractivity contribution in [3.8, 4) is 0 Å². The minimum absolute atomic E-state index is 0.0512. The van der Waals surface area contributed by atoms with Crippen LogP contribution in [0.15, 0.2) is 35.5 Å². The van der Waals surface area contributed by atoms with Gasteiger partial charge in [-0.2, -0.15) is 0 Å². The summed E-state index contributed by atoms with van der Waals surface area (Å²) in [5.74, 6) is -0.146. The summed E-state index contributed by atoms with van der Waals surface area (Å²) in [6, 6.07) is 0. The summed E-state index contributed by atoms with van der Waals surface area (Å²) in [6.45, 7) is 7.27. The monoisotopic (exact) mass is 398 g/mol. The highest BCUT2D eigenvalue weighted by Gasteiger charge is 2.64. The number of esters is 1. The van der Waals surface area contributed by atoms with E-state index in [1.54, 1.807) is 12.2 Å². The van der Waals surface area contributed by atoms with Gasteiger partial charge in [-0.1, -0.05) is 31.6 Å². The Morgan fingerprint density at radius 2 is 2.00 bits per heavy atom. The SMILES string of the molecule is CC(=O)OCC(=O)[C@@]1(O)CCC2C3C[C@H](C)C4=CC(=O)C=CC4(C)C3=CCC21C. The first-order valence-electron chi connectivity index (χ1n) is 10.6. The lowest BCUT2D eigenvalue weighted by atomic mass is 9.49. The van der Waals surface area contributed by atoms with Gasteiger partial charge in [-0.05, 0) is 68.1 Å². The van der Waals surface area contributed by atoms with Gasteiger partial charge in [-0.15, -0.1) is 0 Å². The number of allylic oxidation sites excluding steroid dienone is 6. The Bertz CT molecular complexity index is 880. The molecule has 0 aromatic carbocycles. The molecule has 0 saturated heterocycles. The van der Waals surface area contributed by atoms with Crippen molar-refractivity contribution in [2.45, 2.75) is 59.0 Å². The molecule has 6 atom stereocenters. The van der Waals surface area contributed by atoms with Crippen LogP contribution in [0.2, 0.25) is 0 Å². The third-order valence-electron chi connectivity index (χ3n) is 8.30. The fourth-order valence-corrected chi connectivity index (χ4v) is 6.68. The van der Waals surface area contributed by atoms with Gasteiger partial charge in [-0.3, -0.25) is 14.4 Å². The van der Waals surface area contributed by atoms with Crippen LogP contribution in [-0.2, 0) is 19.1 Å². The van der Waals surface area contributed by atoms with Crippen molar-refractivity contribution < 1.29 is 24.2 Å². The number of carbonyl (C=O) groups is 3. The Morgan fingerprint density at radius 3 is 2.69 bits per heavy atom. The first-order chi connectivity index (χ1) is 13.5. The first kappa shape index (κ1) is 20.3. The van der Waals surface area contributed by atoms with E-state index in [9.17, 15) is 19.5 Å². The highest BCUT2D eigenvalue weighted by molar-refractivity contribution is 6.01. The number of aliphatic hydroxyl groups is 1. The maximum atomic E-state index is 12.9. The van der Waals surface area contributed by atoms with Crippen molar-refractivity contribution in [2.24, 2.45) is 28.6 Å². The van der Waals surface area contributed by atoms with Crippen LogP contribution in [-0.4, -0.2) is 34.9 Å². The lowest BCUT2D eigenvalue weighted by Crippen LogP contribution is -2.56. The largest absolute Gasteiger partial charge is 0.458 e. The van der Waals surface area contributed by atoms with Crippen molar-refractivity contribution >= 4 is 17.5 Å². The van der Waals surface area contributed by atoms with Crippen LogP contribution in [0.5, 0.6) is 0 Å². The fraction of sp³-hybridized carbons (Fsp3) is 0.625. The predicted octanol–water partition coefficient (Wildman–Crippen LogP) is 3.32. The lowest BCUT2D eigenvalue weighted by molar-refractivity contribution is -0.162. The summed E-state index contributed by atoms with van der Waals surface area (Å²) in [5.41, 5.74) is 0.178. The molecule has 2 fully saturated rings. The Labute approximate surface area is 171 Å². The van der Waals surface area contributed by atoms with Crippen LogP contribution in [0.25, 0.3) is 0 Å². The van der Waals surface area contributed by atoms with Gasteiger partial charge in [0.1, 0.15) is 5.60 Å². The van der Waals surface area contributed by atoms with Crippen LogP contribution in [0.3, 0.4) is 0 Å². The molecule has 0 spiro atoms. The third kappa shape index (κ3) is 2.73. The summed E-state index contributed by atoms with van der Waals surface area (Å²) >= 11 is 0. The molecule has 0 aromatic heterocycles. The smallest absolute Gasteiger partial charge is 0.303 e. The molecular formula is C24H30O5. The second-order valence-electron chi connectivity index (χ2n) is 9.77. The number of Topliss-reactive ketones (excluding diaryl/α,β-unsaturated/α-hetero) is 1. The normalized spacial score (nSPS) is 42.9. The van der Waals surface area contributed by atoms with Gasteiger partial charge in [0.05, 0.1) is 0 Å². The molecular weight excluding hydrogens is 368 g/mol. The minimum Gasteiger partial charge on any atom is -0.458 e. The van der Waals surface area contributed by atoms with Crippen molar-refractivity contribution in [3.05, 3.63) is 35.5 Å². The number of fused-ring (bicyclic) bond motifs is 5. The van der Waals surface area contributed by atoms with Crippen LogP contribution in [0, 0.1) is 28.6 Å². The molecule has 1 N–H and O–H groups in total. The number of ketones is 2. The van der Waals surface area contributed by atoms with E-state index in [1.165, 1.54) is 18.1 Å². The third-order valence-corrected chi connectivity index (χ3v) is 8.30. The van der Waals surface area contributed by atoms with Crippen LogP contribution in [0.4, 0.5) is 0 Å². The molecule has 0 aromatic rings. The molecule has 4 rings (SSSR count). The van der Waals surface area contributed by atoms with Gasteiger partial charge < -0.3 is 9.84 Å². The van der Waals surface area contributed by atoms with Gasteiger partial charge >= 0.3 is 5.97 Å². The first-order valence-corrected chi connectivity index (χ1v) is 10.6. The molecule has 4 aliphatic rings. The second-order valence-corrected chi connectivity index (χ2v) is 9.77. The quantitative estimate of drug-likeness (QED) is 0.583. The molecule has 4 aliphatic carbocycles. The summed E-state index contributed by atoms with van der Waals surface area (Å²) < 4.78 is 4.91. The molecule has 0 bridgehead atoms. The van der Waals surface area contributed by atoms with Gasteiger partial charge in [0.15, 0.2) is 12.4 Å². The summed E-state index contributed by atoms with van der Waals surface area (Å²) in [4.78, 5) is 36.0. The Balaban J connectivity index is 1.70. The number of rotatable bonds is 3. The highest BCUT2D eigenvalue weighted by Crippen LogP contribution is 2.65. The molecule has 2 saturated carbocycles. The molecule has 5 heteroatoms. The number of carbonyl (C=O) groups excluding carboxylic acids is 3. The zero-order valence-corrected chi connectivity index (χ0v) is 17.7. The standard InChI is InChI=1S/C24H30O5/c1-14-11-17-18(22(3)8-5-16(26)12-20(14)22)6-9-23(4)19(17)7-10-24(23,28)21(27)13-29-15(2)25/h5-6,8,12,14,17,19,28H,7,9-11,13H2,1-4H3/t14-,17?,19?,22?,23?,24-/m0/s1.